The van der Waals surface area contributed by atoms with Gasteiger partial charge < -0.3 is 0 Å². The van der Waals surface area contributed by atoms with Crippen LogP contribution in [0, 0.1) is 5.82 Å². The third kappa shape index (κ3) is 1.11. The molecule has 2 rings (SSSR count). The molecule has 1 aromatic carbocycles. The number of benzene rings is 1. The van der Waals surface area contributed by atoms with Crippen LogP contribution in [0.1, 0.15) is 0 Å². The predicted molar refractivity (Wildman–Crippen MR) is 51.8 cm³/mol. The molecule has 0 saturated heterocycles. The van der Waals surface area contributed by atoms with Crippen LogP contribution in [0.5, 0.6) is 0 Å². The Kier molecular flexibility index (Phi) is 1.99. The molecule has 0 N–H and O–H groups in total. The molecule has 0 unspecified atom stereocenters. The maximum Gasteiger partial charge on any atom is 0.151 e. The highest BCUT2D eigenvalue weighted by Crippen LogP contribution is 2.34. The van der Waals surface area contributed by atoms with E-state index in [1.165, 1.54) is 11.3 Å². The van der Waals surface area contributed by atoms with Gasteiger partial charge >= 0.3 is 0 Å². The summed E-state index contributed by atoms with van der Waals surface area (Å²) >= 11 is 12.7. The molecule has 0 aliphatic carbocycles. The summed E-state index contributed by atoms with van der Waals surface area (Å²) in [6.45, 7) is 0. The molecule has 0 fully saturated rings. The van der Waals surface area contributed by atoms with Gasteiger partial charge in [-0.2, -0.15) is 0 Å². The first kappa shape index (κ1) is 8.30. The zero-order valence-electron chi connectivity index (χ0n) is 5.77. The van der Waals surface area contributed by atoms with Crippen LogP contribution in [-0.2, 0) is 0 Å². The molecule has 0 aliphatic heterocycles. The molecule has 12 heavy (non-hydrogen) atoms. The minimum Gasteiger partial charge on any atom is -0.205 e. The highest BCUT2D eigenvalue weighted by molar-refractivity contribution is 7.17. The Labute approximate surface area is 82.5 Å². The number of hydrogen-bond acceptors (Lipinski definition) is 1. The minimum atomic E-state index is -0.430. The molecule has 62 valence electrons. The molecule has 0 saturated carbocycles. The summed E-state index contributed by atoms with van der Waals surface area (Å²) in [7, 11) is 0. The van der Waals surface area contributed by atoms with Crippen LogP contribution >= 0.6 is 34.5 Å². The fourth-order valence-corrected chi connectivity index (χ4v) is 2.25. The van der Waals surface area contributed by atoms with E-state index < -0.39 is 5.82 Å². The Bertz CT molecular complexity index is 436. The van der Waals surface area contributed by atoms with E-state index >= 15 is 0 Å². The summed E-state index contributed by atoms with van der Waals surface area (Å²) in [5.74, 6) is -0.430. The van der Waals surface area contributed by atoms with Gasteiger partial charge in [-0.15, -0.1) is 11.3 Å². The third-order valence-electron chi connectivity index (χ3n) is 1.59. The van der Waals surface area contributed by atoms with Crippen molar-refractivity contribution in [1.29, 1.82) is 0 Å². The van der Waals surface area contributed by atoms with E-state index in [9.17, 15) is 4.39 Å². The van der Waals surface area contributed by atoms with Crippen molar-refractivity contribution >= 4 is 44.6 Å². The van der Waals surface area contributed by atoms with E-state index in [2.05, 4.69) is 0 Å². The van der Waals surface area contributed by atoms with Crippen molar-refractivity contribution in [3.63, 3.8) is 0 Å². The normalized spacial score (nSPS) is 10.9. The average molecular weight is 221 g/mol. The van der Waals surface area contributed by atoms with Gasteiger partial charge in [0.15, 0.2) is 5.82 Å². The molecule has 0 atom stereocenters. The number of halogens is 3. The lowest BCUT2D eigenvalue weighted by atomic mass is 10.2. The SMILES string of the molecule is Fc1c(Cl)c(Cl)cc2sccc12. The second-order valence-corrected chi connectivity index (χ2v) is 4.05. The number of hydrogen-bond donors (Lipinski definition) is 0. The van der Waals surface area contributed by atoms with Gasteiger partial charge in [0.1, 0.15) is 0 Å². The van der Waals surface area contributed by atoms with E-state index in [4.69, 9.17) is 23.2 Å². The molecule has 1 aromatic heterocycles. The van der Waals surface area contributed by atoms with E-state index in [-0.39, 0.29) is 10.0 Å². The highest BCUT2D eigenvalue weighted by Gasteiger charge is 2.10. The quantitative estimate of drug-likeness (QED) is 0.580. The number of thiophene rings is 1. The largest absolute Gasteiger partial charge is 0.205 e. The zero-order valence-corrected chi connectivity index (χ0v) is 8.10. The molecule has 0 nitrogen and oxygen atoms in total. The molecular formula is C8H3Cl2FS. The van der Waals surface area contributed by atoms with Gasteiger partial charge in [-0.25, -0.2) is 4.39 Å². The molecule has 0 aliphatic rings. The highest BCUT2D eigenvalue weighted by atomic mass is 35.5. The van der Waals surface area contributed by atoms with Crippen molar-refractivity contribution in [3.05, 3.63) is 33.4 Å². The van der Waals surface area contributed by atoms with Crippen molar-refractivity contribution in [2.75, 3.05) is 0 Å². The van der Waals surface area contributed by atoms with E-state index in [0.29, 0.717) is 5.39 Å². The van der Waals surface area contributed by atoms with Crippen LogP contribution in [0.3, 0.4) is 0 Å². The second kappa shape index (κ2) is 2.87. The summed E-state index contributed by atoms with van der Waals surface area (Å²) in [5, 5.41) is 2.61. The van der Waals surface area contributed by atoms with Gasteiger partial charge in [-0.05, 0) is 17.5 Å². The Balaban J connectivity index is 2.94. The van der Waals surface area contributed by atoms with Gasteiger partial charge in [-0.1, -0.05) is 23.2 Å². The molecule has 1 heterocycles. The van der Waals surface area contributed by atoms with Gasteiger partial charge in [0, 0.05) is 10.1 Å². The average Bonchev–Trinajstić information content (AvgIpc) is 2.48. The maximum atomic E-state index is 13.3. The van der Waals surface area contributed by atoms with Crippen molar-refractivity contribution in [3.8, 4) is 0 Å². The lowest BCUT2D eigenvalue weighted by Gasteiger charge is -1.98. The molecular weight excluding hydrogens is 218 g/mol. The van der Waals surface area contributed by atoms with Crippen molar-refractivity contribution < 1.29 is 4.39 Å². The maximum absolute atomic E-state index is 13.3. The van der Waals surface area contributed by atoms with E-state index in [0.717, 1.165) is 4.70 Å². The predicted octanol–water partition coefficient (Wildman–Crippen LogP) is 4.35. The van der Waals surface area contributed by atoms with E-state index in [1.54, 1.807) is 17.5 Å². The lowest BCUT2D eigenvalue weighted by Crippen LogP contribution is -1.78. The van der Waals surface area contributed by atoms with Crippen LogP contribution in [0.4, 0.5) is 4.39 Å². The fraction of sp³-hybridized carbons (Fsp3) is 0. The molecule has 2 aromatic rings. The first-order valence-corrected chi connectivity index (χ1v) is 4.84. The first-order valence-electron chi connectivity index (χ1n) is 3.21. The summed E-state index contributed by atoms with van der Waals surface area (Å²) in [6, 6.07) is 3.37. The van der Waals surface area contributed by atoms with Crippen LogP contribution in [0.25, 0.3) is 10.1 Å². The molecule has 0 radical (unpaired) electrons. The fourth-order valence-electron chi connectivity index (χ4n) is 1.02. The van der Waals surface area contributed by atoms with Crippen molar-refractivity contribution in [2.45, 2.75) is 0 Å². The number of fused-ring (bicyclic) bond motifs is 1. The van der Waals surface area contributed by atoms with Gasteiger partial charge in [0.25, 0.3) is 0 Å². The summed E-state index contributed by atoms with van der Waals surface area (Å²) in [6.07, 6.45) is 0. The van der Waals surface area contributed by atoms with Gasteiger partial charge in [-0.3, -0.25) is 0 Å². The Morgan fingerprint density at radius 2 is 2.08 bits per heavy atom. The third-order valence-corrected chi connectivity index (χ3v) is 3.22. The molecule has 0 amide bonds. The topological polar surface area (TPSA) is 0 Å². The zero-order chi connectivity index (χ0) is 8.72. The summed E-state index contributed by atoms with van der Waals surface area (Å²) in [4.78, 5) is 0. The van der Waals surface area contributed by atoms with Gasteiger partial charge in [0.05, 0.1) is 10.0 Å². The minimum absolute atomic E-state index is 0.00238. The van der Waals surface area contributed by atoms with Crippen LogP contribution in [0.2, 0.25) is 10.0 Å². The van der Waals surface area contributed by atoms with Crippen molar-refractivity contribution in [1.82, 2.24) is 0 Å². The smallest absolute Gasteiger partial charge is 0.151 e. The van der Waals surface area contributed by atoms with E-state index in [1.807, 2.05) is 0 Å². The lowest BCUT2D eigenvalue weighted by molar-refractivity contribution is 0.640. The van der Waals surface area contributed by atoms with Gasteiger partial charge in [0.2, 0.25) is 0 Å². The van der Waals surface area contributed by atoms with Crippen LogP contribution < -0.4 is 0 Å². The Hall–Kier alpha value is -0.310. The van der Waals surface area contributed by atoms with Crippen molar-refractivity contribution in [2.24, 2.45) is 0 Å². The Morgan fingerprint density at radius 3 is 2.83 bits per heavy atom. The second-order valence-electron chi connectivity index (χ2n) is 2.32. The Morgan fingerprint density at radius 1 is 1.33 bits per heavy atom. The molecule has 4 heteroatoms. The number of rotatable bonds is 0. The summed E-state index contributed by atoms with van der Waals surface area (Å²) in [5.41, 5.74) is 0. The summed E-state index contributed by atoms with van der Waals surface area (Å²) < 4.78 is 14.1. The monoisotopic (exact) mass is 220 g/mol. The standard InChI is InChI=1S/C8H3Cl2FS/c9-5-3-6-4(1-2-12-6)8(11)7(5)10/h1-3H. The molecule has 0 bridgehead atoms. The van der Waals surface area contributed by atoms with Crippen LogP contribution in [0.15, 0.2) is 17.5 Å². The van der Waals surface area contributed by atoms with Crippen LogP contribution in [-0.4, -0.2) is 0 Å². The first-order chi connectivity index (χ1) is 5.70. The molecule has 0 spiro atoms.